The molecule has 0 unspecified atom stereocenters. The van der Waals surface area contributed by atoms with Crippen molar-refractivity contribution >= 4 is 11.3 Å². The highest BCUT2D eigenvalue weighted by atomic mass is 32.1. The van der Waals surface area contributed by atoms with Crippen LogP contribution in [0.15, 0.2) is 11.4 Å². The molecule has 0 bridgehead atoms. The Morgan fingerprint density at radius 1 is 1.62 bits per heavy atom. The van der Waals surface area contributed by atoms with Crippen molar-refractivity contribution in [2.24, 2.45) is 0 Å². The van der Waals surface area contributed by atoms with Gasteiger partial charge in [-0.3, -0.25) is 4.90 Å². The highest BCUT2D eigenvalue weighted by molar-refractivity contribution is 7.10. The van der Waals surface area contributed by atoms with E-state index in [9.17, 15) is 0 Å². The van der Waals surface area contributed by atoms with Crippen molar-refractivity contribution in [2.45, 2.75) is 19.4 Å². The van der Waals surface area contributed by atoms with E-state index in [4.69, 9.17) is 5.26 Å². The zero-order valence-corrected chi connectivity index (χ0v) is 8.31. The summed E-state index contributed by atoms with van der Waals surface area (Å²) in [5.41, 5.74) is 1.51. The molecule has 0 radical (unpaired) electrons. The second-order valence-corrected chi connectivity index (χ2v) is 4.30. The summed E-state index contributed by atoms with van der Waals surface area (Å²) in [6.07, 6.45) is 1.81. The lowest BCUT2D eigenvalue weighted by molar-refractivity contribution is 0.263. The number of rotatable bonds is 2. The Balaban J connectivity index is 1.97. The second kappa shape index (κ2) is 3.91. The monoisotopic (exact) mass is 192 g/mol. The molecule has 0 atom stereocenters. The largest absolute Gasteiger partial charge is 0.297 e. The van der Waals surface area contributed by atoms with Crippen LogP contribution in [0.5, 0.6) is 0 Å². The van der Waals surface area contributed by atoms with Crippen LogP contribution in [-0.2, 0) is 13.0 Å². The van der Waals surface area contributed by atoms with E-state index >= 15 is 0 Å². The van der Waals surface area contributed by atoms with Crippen LogP contribution in [0, 0.1) is 11.3 Å². The topological polar surface area (TPSA) is 27.0 Å². The van der Waals surface area contributed by atoms with Crippen molar-refractivity contribution in [3.63, 3.8) is 0 Å². The van der Waals surface area contributed by atoms with Gasteiger partial charge in [-0.05, 0) is 23.4 Å². The van der Waals surface area contributed by atoms with E-state index in [0.717, 1.165) is 26.1 Å². The average molecular weight is 192 g/mol. The molecular weight excluding hydrogens is 180 g/mol. The van der Waals surface area contributed by atoms with E-state index in [2.05, 4.69) is 22.4 Å². The van der Waals surface area contributed by atoms with E-state index < -0.39 is 0 Å². The summed E-state index contributed by atoms with van der Waals surface area (Å²) in [5.74, 6) is 0. The first-order valence-corrected chi connectivity index (χ1v) is 5.42. The summed E-state index contributed by atoms with van der Waals surface area (Å²) < 4.78 is 0. The first-order chi connectivity index (χ1) is 6.40. The van der Waals surface area contributed by atoms with Crippen LogP contribution < -0.4 is 0 Å². The van der Waals surface area contributed by atoms with Crippen LogP contribution in [-0.4, -0.2) is 18.0 Å². The number of hydrogen-bond donors (Lipinski definition) is 0. The lowest BCUT2D eigenvalue weighted by Gasteiger charge is -2.25. The quantitative estimate of drug-likeness (QED) is 0.716. The molecule has 0 amide bonds. The summed E-state index contributed by atoms with van der Waals surface area (Å²) in [6.45, 7) is 3.09. The summed E-state index contributed by atoms with van der Waals surface area (Å²) in [7, 11) is 0. The number of hydrogen-bond acceptors (Lipinski definition) is 3. The van der Waals surface area contributed by atoms with Gasteiger partial charge in [0.1, 0.15) is 0 Å². The molecule has 1 aliphatic rings. The van der Waals surface area contributed by atoms with Crippen LogP contribution >= 0.6 is 11.3 Å². The minimum Gasteiger partial charge on any atom is -0.297 e. The van der Waals surface area contributed by atoms with Crippen molar-refractivity contribution in [1.82, 2.24) is 4.90 Å². The molecule has 0 aliphatic carbocycles. The van der Waals surface area contributed by atoms with Gasteiger partial charge in [0, 0.05) is 30.9 Å². The van der Waals surface area contributed by atoms with Crippen LogP contribution in [0.3, 0.4) is 0 Å². The Bertz CT molecular complexity index is 324. The maximum Gasteiger partial charge on any atom is 0.0635 e. The first-order valence-electron chi connectivity index (χ1n) is 4.54. The molecule has 2 rings (SSSR count). The molecule has 0 saturated heterocycles. The Labute approximate surface area is 82.4 Å². The summed E-state index contributed by atoms with van der Waals surface area (Å²) in [6, 6.07) is 4.42. The highest BCUT2D eigenvalue weighted by Crippen LogP contribution is 2.23. The average Bonchev–Trinajstić information content (AvgIpc) is 2.61. The maximum atomic E-state index is 8.48. The second-order valence-electron chi connectivity index (χ2n) is 3.30. The molecule has 1 aliphatic heterocycles. The lowest BCUT2D eigenvalue weighted by Crippen LogP contribution is -2.30. The van der Waals surface area contributed by atoms with Crippen molar-refractivity contribution in [1.29, 1.82) is 5.26 Å². The van der Waals surface area contributed by atoms with Crippen molar-refractivity contribution in [2.75, 3.05) is 13.1 Å². The van der Waals surface area contributed by atoms with Gasteiger partial charge in [-0.1, -0.05) is 0 Å². The Hall–Kier alpha value is -0.850. The minimum atomic E-state index is 0.653. The molecule has 2 nitrogen and oxygen atoms in total. The van der Waals surface area contributed by atoms with E-state index in [1.807, 2.05) is 11.3 Å². The first kappa shape index (κ1) is 8.74. The third-order valence-corrected chi connectivity index (χ3v) is 3.39. The zero-order valence-electron chi connectivity index (χ0n) is 7.49. The fraction of sp³-hybridized carbons (Fsp3) is 0.500. The number of thiophene rings is 1. The van der Waals surface area contributed by atoms with Crippen LogP contribution in [0.1, 0.15) is 16.9 Å². The predicted octanol–water partition coefficient (Wildman–Crippen LogP) is 2.02. The van der Waals surface area contributed by atoms with Gasteiger partial charge in [0.15, 0.2) is 0 Å². The maximum absolute atomic E-state index is 8.48. The SMILES string of the molecule is N#CCCN1CCc2ccsc2C1. The molecule has 68 valence electrons. The molecule has 0 N–H and O–H groups in total. The molecule has 3 heteroatoms. The van der Waals surface area contributed by atoms with Gasteiger partial charge in [-0.25, -0.2) is 0 Å². The van der Waals surface area contributed by atoms with Crippen LogP contribution in [0.25, 0.3) is 0 Å². The Morgan fingerprint density at radius 3 is 3.38 bits per heavy atom. The van der Waals surface area contributed by atoms with E-state index in [1.165, 1.54) is 10.4 Å². The zero-order chi connectivity index (χ0) is 9.10. The van der Waals surface area contributed by atoms with Crippen LogP contribution in [0.2, 0.25) is 0 Å². The molecule has 0 aromatic carbocycles. The molecule has 1 aromatic rings. The van der Waals surface area contributed by atoms with Gasteiger partial charge < -0.3 is 0 Å². The molecule has 0 saturated carbocycles. The van der Waals surface area contributed by atoms with Gasteiger partial charge in [-0.2, -0.15) is 5.26 Å². The van der Waals surface area contributed by atoms with Gasteiger partial charge in [-0.15, -0.1) is 11.3 Å². The Kier molecular flexibility index (Phi) is 2.62. The molecule has 0 fully saturated rings. The van der Waals surface area contributed by atoms with E-state index in [0.29, 0.717) is 6.42 Å². The lowest BCUT2D eigenvalue weighted by atomic mass is 10.1. The molecule has 13 heavy (non-hydrogen) atoms. The van der Waals surface area contributed by atoms with Gasteiger partial charge in [0.2, 0.25) is 0 Å². The summed E-state index contributed by atoms with van der Waals surface area (Å²) in [4.78, 5) is 3.85. The standard InChI is InChI=1S/C10H12N2S/c11-4-1-5-12-6-2-9-3-7-13-10(9)8-12/h3,7H,1-2,5-6,8H2. The summed E-state index contributed by atoms with van der Waals surface area (Å²) >= 11 is 1.84. The normalized spacial score (nSPS) is 16.5. The molecule has 1 aromatic heterocycles. The molecule has 2 heterocycles. The smallest absolute Gasteiger partial charge is 0.0635 e. The van der Waals surface area contributed by atoms with E-state index in [1.54, 1.807) is 0 Å². The Morgan fingerprint density at radius 2 is 2.54 bits per heavy atom. The predicted molar refractivity (Wildman–Crippen MR) is 53.5 cm³/mol. The minimum absolute atomic E-state index is 0.653. The van der Waals surface area contributed by atoms with Gasteiger partial charge in [0.25, 0.3) is 0 Å². The molecular formula is C10H12N2S. The van der Waals surface area contributed by atoms with Gasteiger partial charge in [0.05, 0.1) is 6.07 Å². The number of nitrogens with zero attached hydrogens (tertiary/aromatic N) is 2. The van der Waals surface area contributed by atoms with Crippen molar-refractivity contribution < 1.29 is 0 Å². The van der Waals surface area contributed by atoms with Crippen molar-refractivity contribution in [3.05, 3.63) is 21.9 Å². The third kappa shape index (κ3) is 1.90. The third-order valence-electron chi connectivity index (χ3n) is 2.44. The van der Waals surface area contributed by atoms with Crippen LogP contribution in [0.4, 0.5) is 0 Å². The highest BCUT2D eigenvalue weighted by Gasteiger charge is 2.15. The van der Waals surface area contributed by atoms with Crippen molar-refractivity contribution in [3.8, 4) is 6.07 Å². The van der Waals surface area contributed by atoms with Gasteiger partial charge >= 0.3 is 0 Å². The summed E-state index contributed by atoms with van der Waals surface area (Å²) in [5, 5.41) is 10.6. The fourth-order valence-electron chi connectivity index (χ4n) is 1.69. The number of nitriles is 1. The van der Waals surface area contributed by atoms with E-state index in [-0.39, 0.29) is 0 Å². The molecule has 0 spiro atoms. The number of fused-ring (bicyclic) bond motifs is 1. The fourth-order valence-corrected chi connectivity index (χ4v) is 2.66.